The summed E-state index contributed by atoms with van der Waals surface area (Å²) in [4.78, 5) is 59.2. The minimum Gasteiger partial charge on any atom is -0.447 e. The number of alkyl halides is 1. The summed E-state index contributed by atoms with van der Waals surface area (Å²) in [5.41, 5.74) is -0.862. The minimum absolute atomic E-state index is 0.0120. The zero-order valence-corrected chi connectivity index (χ0v) is 39.5. The van der Waals surface area contributed by atoms with Crippen LogP contribution in [0.1, 0.15) is 84.7 Å². The normalized spacial score (nSPS) is 19.4. The minimum atomic E-state index is -1.23. The van der Waals surface area contributed by atoms with Gasteiger partial charge in [0.05, 0.1) is 36.5 Å². The molecule has 18 heteroatoms. The van der Waals surface area contributed by atoms with Gasteiger partial charge >= 0.3 is 12.1 Å². The molecule has 3 aliphatic heterocycles. The van der Waals surface area contributed by atoms with Crippen LogP contribution in [0.3, 0.4) is 0 Å². The molecule has 3 aliphatic rings. The van der Waals surface area contributed by atoms with Gasteiger partial charge in [0.2, 0.25) is 0 Å². The van der Waals surface area contributed by atoms with E-state index >= 15 is 8.78 Å². The van der Waals surface area contributed by atoms with Crippen LogP contribution in [-0.4, -0.2) is 132 Å². The highest BCUT2D eigenvalue weighted by Crippen LogP contribution is 2.47. The number of alkyl carbamates (subject to hydrolysis) is 1. The fourth-order valence-corrected chi connectivity index (χ4v) is 8.55. The van der Waals surface area contributed by atoms with E-state index in [1.54, 1.807) is 18.0 Å². The number of ether oxygens (including phenoxy) is 4. The van der Waals surface area contributed by atoms with Gasteiger partial charge in [-0.3, -0.25) is 14.5 Å². The lowest BCUT2D eigenvalue weighted by molar-refractivity contribution is -0.137. The van der Waals surface area contributed by atoms with Crippen molar-refractivity contribution in [2.45, 2.75) is 103 Å². The van der Waals surface area contributed by atoms with Gasteiger partial charge in [0.15, 0.2) is 0 Å². The number of imidazole rings is 1. The quantitative estimate of drug-likeness (QED) is 0.0729. The number of aromatic nitrogens is 2. The molecular weight excluding hydrogens is 872 g/mol. The molecule has 3 aromatic rings. The average molecular weight is 938 g/mol. The summed E-state index contributed by atoms with van der Waals surface area (Å²) in [6.07, 6.45) is 4.29. The highest BCUT2D eigenvalue weighted by Gasteiger charge is 2.47. The standard InChI is InChI=1S/C49H66F3N7O8/c1-33(32-66-46(63)56-47(2,3)16-24-67-48(4,5)17-21-65-25-20-58-41(60)14-15-42(58)61)54-45(62)59(30-35-27-53-28-39(35)52)43(49(6)18-22-64-23-19-49)44-55-40(37-26-36(50)12-13-38(37)51)31-57(44)29-34-10-8-7-9-11-34/h7-15,26,31,33,35,39,43,53H,16-25,27-30,32H2,1-6H3,(H,54,62)(H,56,63). The van der Waals surface area contributed by atoms with Gasteiger partial charge in [0.25, 0.3) is 11.8 Å². The number of imide groups is 1. The van der Waals surface area contributed by atoms with Crippen molar-refractivity contribution in [3.05, 3.63) is 89.9 Å². The highest BCUT2D eigenvalue weighted by atomic mass is 19.1. The molecule has 0 spiro atoms. The van der Waals surface area contributed by atoms with Crippen LogP contribution < -0.4 is 16.0 Å². The van der Waals surface area contributed by atoms with Crippen molar-refractivity contribution < 1.29 is 51.3 Å². The fourth-order valence-electron chi connectivity index (χ4n) is 8.55. The SMILES string of the molecule is CC(COC(=O)NC(C)(C)CCOC(C)(C)CCOCCN1C(=O)C=CC1=O)NC(=O)N(CC1CNCC1F)C(c1nc(-c2cc(F)ccc2F)cn1Cc1ccccc1)C1(C)CCOCC1. The molecule has 0 radical (unpaired) electrons. The third-order valence-electron chi connectivity index (χ3n) is 12.7. The fraction of sp³-hybridized carbons (Fsp3) is 0.571. The maximum Gasteiger partial charge on any atom is 0.407 e. The lowest BCUT2D eigenvalue weighted by Crippen LogP contribution is -2.54. The lowest BCUT2D eigenvalue weighted by Gasteiger charge is -2.46. The summed E-state index contributed by atoms with van der Waals surface area (Å²) in [6.45, 7) is 13.8. The van der Waals surface area contributed by atoms with E-state index in [1.165, 1.54) is 12.2 Å². The van der Waals surface area contributed by atoms with E-state index in [2.05, 4.69) is 22.9 Å². The maximum absolute atomic E-state index is 15.5. The lowest BCUT2D eigenvalue weighted by atomic mass is 9.74. The second-order valence-electron chi connectivity index (χ2n) is 19.3. The van der Waals surface area contributed by atoms with E-state index < -0.39 is 64.5 Å². The summed E-state index contributed by atoms with van der Waals surface area (Å²) >= 11 is 0. The summed E-state index contributed by atoms with van der Waals surface area (Å²) in [5, 5.41) is 8.99. The summed E-state index contributed by atoms with van der Waals surface area (Å²) < 4.78 is 70.6. The van der Waals surface area contributed by atoms with Gasteiger partial charge in [-0.1, -0.05) is 37.3 Å². The molecule has 5 amide bonds. The number of rotatable bonds is 22. The third-order valence-corrected chi connectivity index (χ3v) is 12.7. The number of amides is 5. The Kier molecular flexibility index (Phi) is 17.3. The predicted octanol–water partition coefficient (Wildman–Crippen LogP) is 6.71. The van der Waals surface area contributed by atoms with Crippen molar-refractivity contribution in [1.29, 1.82) is 0 Å². The zero-order chi connectivity index (χ0) is 48.4. The smallest absolute Gasteiger partial charge is 0.407 e. The number of carbonyl (C=O) groups is 4. The van der Waals surface area contributed by atoms with Crippen LogP contribution in [0.25, 0.3) is 11.3 Å². The van der Waals surface area contributed by atoms with E-state index in [-0.39, 0.29) is 55.9 Å². The number of halogens is 3. The molecule has 0 saturated carbocycles. The molecule has 1 aromatic heterocycles. The van der Waals surface area contributed by atoms with Crippen LogP contribution in [0.4, 0.5) is 22.8 Å². The Bertz CT molecular complexity index is 2180. The number of hydrogen-bond acceptors (Lipinski definition) is 10. The van der Waals surface area contributed by atoms with Gasteiger partial charge < -0.3 is 44.4 Å². The molecule has 67 heavy (non-hydrogen) atoms. The second kappa shape index (κ2) is 22.7. The molecule has 2 saturated heterocycles. The largest absolute Gasteiger partial charge is 0.447 e. The van der Waals surface area contributed by atoms with Gasteiger partial charge in [-0.05, 0) is 89.5 Å². The number of hydrogen-bond donors (Lipinski definition) is 3. The molecule has 366 valence electrons. The summed E-state index contributed by atoms with van der Waals surface area (Å²) in [5.74, 6) is -2.11. The van der Waals surface area contributed by atoms with Gasteiger partial charge in [-0.25, -0.2) is 27.7 Å². The van der Waals surface area contributed by atoms with E-state index in [1.807, 2.05) is 62.6 Å². The monoisotopic (exact) mass is 937 g/mol. The highest BCUT2D eigenvalue weighted by molar-refractivity contribution is 6.12. The molecule has 0 bridgehead atoms. The van der Waals surface area contributed by atoms with Crippen LogP contribution in [0.2, 0.25) is 0 Å². The molecule has 3 N–H and O–H groups in total. The number of nitrogens with one attached hydrogen (secondary N) is 3. The number of carbonyl (C=O) groups excluding carboxylic acids is 4. The Labute approximate surface area is 391 Å². The Morgan fingerprint density at radius 2 is 1.72 bits per heavy atom. The van der Waals surface area contributed by atoms with Gasteiger partial charge in [-0.2, -0.15) is 0 Å². The summed E-state index contributed by atoms with van der Waals surface area (Å²) in [7, 11) is 0. The zero-order valence-electron chi connectivity index (χ0n) is 39.5. The first-order valence-electron chi connectivity index (χ1n) is 23.1. The predicted molar refractivity (Wildman–Crippen MR) is 244 cm³/mol. The van der Waals surface area contributed by atoms with E-state index in [0.29, 0.717) is 71.0 Å². The first kappa shape index (κ1) is 51.1. The van der Waals surface area contributed by atoms with E-state index in [4.69, 9.17) is 23.9 Å². The van der Waals surface area contributed by atoms with Crippen LogP contribution in [0.15, 0.2) is 66.9 Å². The summed E-state index contributed by atoms with van der Waals surface area (Å²) in [6, 6.07) is 10.8. The topological polar surface area (TPSA) is 166 Å². The Hall–Kier alpha value is -5.30. The Morgan fingerprint density at radius 1 is 1.00 bits per heavy atom. The Balaban J connectivity index is 1.12. The van der Waals surface area contributed by atoms with E-state index in [0.717, 1.165) is 28.7 Å². The molecule has 0 aliphatic carbocycles. The molecule has 4 atom stereocenters. The van der Waals surface area contributed by atoms with Crippen molar-refractivity contribution >= 4 is 23.9 Å². The molecule has 4 heterocycles. The van der Waals surface area contributed by atoms with Crippen molar-refractivity contribution in [2.24, 2.45) is 11.3 Å². The van der Waals surface area contributed by atoms with Crippen LogP contribution in [0.5, 0.6) is 0 Å². The van der Waals surface area contributed by atoms with Crippen molar-refractivity contribution in [1.82, 2.24) is 35.3 Å². The van der Waals surface area contributed by atoms with Crippen LogP contribution in [0, 0.1) is 23.0 Å². The van der Waals surface area contributed by atoms with Crippen molar-refractivity contribution in [3.63, 3.8) is 0 Å². The maximum atomic E-state index is 15.5. The molecule has 2 aromatic carbocycles. The van der Waals surface area contributed by atoms with Gasteiger partial charge in [0.1, 0.15) is 30.2 Å². The number of benzene rings is 2. The van der Waals surface area contributed by atoms with Gasteiger partial charge in [-0.15, -0.1) is 0 Å². The number of urea groups is 1. The van der Waals surface area contributed by atoms with Crippen molar-refractivity contribution in [3.8, 4) is 11.3 Å². The third kappa shape index (κ3) is 14.1. The van der Waals surface area contributed by atoms with Crippen LogP contribution >= 0.6 is 0 Å². The van der Waals surface area contributed by atoms with E-state index in [9.17, 15) is 23.6 Å². The first-order chi connectivity index (χ1) is 31.8. The van der Waals surface area contributed by atoms with Crippen LogP contribution in [-0.2, 0) is 35.1 Å². The molecule has 2 fully saturated rings. The molecule has 4 unspecified atom stereocenters. The average Bonchev–Trinajstić information content (AvgIpc) is 3.97. The molecular formula is C49H66F3N7O8. The van der Waals surface area contributed by atoms with Gasteiger partial charge in [0, 0.05) is 88.0 Å². The second-order valence-corrected chi connectivity index (χ2v) is 19.3. The molecule has 15 nitrogen and oxygen atoms in total. The Morgan fingerprint density at radius 3 is 2.40 bits per heavy atom. The molecule has 6 rings (SSSR count). The number of nitrogens with zero attached hydrogens (tertiary/aromatic N) is 4. The first-order valence-corrected chi connectivity index (χ1v) is 23.1. The van der Waals surface area contributed by atoms with Crippen molar-refractivity contribution in [2.75, 3.05) is 65.8 Å².